The molecule has 0 aromatic heterocycles. The second kappa shape index (κ2) is 6.67. The highest BCUT2D eigenvalue weighted by Gasteiger charge is 2.00. The van der Waals surface area contributed by atoms with Gasteiger partial charge in [0.1, 0.15) is 12.4 Å². The predicted octanol–water partition coefficient (Wildman–Crippen LogP) is 3.45. The number of anilines is 1. The molecule has 0 bridgehead atoms. The van der Waals surface area contributed by atoms with Gasteiger partial charge < -0.3 is 10.5 Å². The highest BCUT2D eigenvalue weighted by atomic mass is 35.5. The Morgan fingerprint density at radius 2 is 2.00 bits per heavy atom. The lowest BCUT2D eigenvalue weighted by atomic mass is 10.1. The normalized spacial score (nSPS) is 9.26. The van der Waals surface area contributed by atoms with Crippen molar-refractivity contribution in [3.8, 4) is 11.8 Å². The van der Waals surface area contributed by atoms with E-state index in [1.165, 1.54) is 0 Å². The van der Waals surface area contributed by atoms with Crippen LogP contribution in [0.4, 0.5) is 5.69 Å². The van der Waals surface area contributed by atoms with Crippen molar-refractivity contribution in [2.24, 2.45) is 0 Å². The summed E-state index contributed by atoms with van der Waals surface area (Å²) in [6, 6.07) is 15.1. The summed E-state index contributed by atoms with van der Waals surface area (Å²) in [5.41, 5.74) is 9.12. The average molecular weight is 275 g/mol. The van der Waals surface area contributed by atoms with Gasteiger partial charge in [-0.1, -0.05) is 12.1 Å². The first kappa shape index (κ1) is 14.9. The minimum atomic E-state index is 0. The van der Waals surface area contributed by atoms with E-state index in [-0.39, 0.29) is 12.4 Å². The molecule has 0 radical (unpaired) electrons. The van der Waals surface area contributed by atoms with E-state index >= 15 is 0 Å². The Labute approximate surface area is 119 Å². The molecular weight excluding hydrogens is 260 g/mol. The lowest BCUT2D eigenvalue weighted by Crippen LogP contribution is -1.97. The Bertz CT molecular complexity index is 605. The lowest BCUT2D eigenvalue weighted by Gasteiger charge is -2.08. The number of nitrogens with two attached hydrogens (primary N) is 1. The molecule has 4 heteroatoms. The minimum absolute atomic E-state index is 0. The minimum Gasteiger partial charge on any atom is -0.489 e. The molecule has 0 heterocycles. The first-order chi connectivity index (χ1) is 8.69. The number of hydrogen-bond donors (Lipinski definition) is 1. The first-order valence-electron chi connectivity index (χ1n) is 5.67. The summed E-state index contributed by atoms with van der Waals surface area (Å²) in [6.07, 6.45) is 0. The van der Waals surface area contributed by atoms with Crippen molar-refractivity contribution >= 4 is 18.1 Å². The Morgan fingerprint density at radius 3 is 2.68 bits per heavy atom. The van der Waals surface area contributed by atoms with Crippen LogP contribution in [0.3, 0.4) is 0 Å². The van der Waals surface area contributed by atoms with Gasteiger partial charge in [-0.25, -0.2) is 0 Å². The number of nitriles is 1. The molecule has 19 heavy (non-hydrogen) atoms. The molecule has 3 nitrogen and oxygen atoms in total. The number of aryl methyl sites for hydroxylation is 1. The van der Waals surface area contributed by atoms with Crippen LogP contribution in [0.15, 0.2) is 42.5 Å². The quantitative estimate of drug-likeness (QED) is 0.872. The fraction of sp³-hybridized carbons (Fsp3) is 0.133. The van der Waals surface area contributed by atoms with E-state index in [2.05, 4.69) is 6.07 Å². The van der Waals surface area contributed by atoms with Crippen LogP contribution in [0, 0.1) is 18.3 Å². The fourth-order valence-electron chi connectivity index (χ4n) is 1.64. The van der Waals surface area contributed by atoms with Crippen LogP contribution in [-0.4, -0.2) is 0 Å². The van der Waals surface area contributed by atoms with Crippen LogP contribution < -0.4 is 10.5 Å². The standard InChI is InChI=1S/C15H14N2O.ClH/c1-11-7-14(5-6-15(11)17)18-10-13-4-2-3-12(8-13)9-16;/h2-8H,10,17H2,1H3;1H. The molecule has 2 aromatic carbocycles. The summed E-state index contributed by atoms with van der Waals surface area (Å²) in [4.78, 5) is 0. The maximum Gasteiger partial charge on any atom is 0.120 e. The fourth-order valence-corrected chi connectivity index (χ4v) is 1.64. The smallest absolute Gasteiger partial charge is 0.120 e. The van der Waals surface area contributed by atoms with Gasteiger partial charge in [0.25, 0.3) is 0 Å². The van der Waals surface area contributed by atoms with Crippen molar-refractivity contribution < 1.29 is 4.74 Å². The van der Waals surface area contributed by atoms with E-state index in [4.69, 9.17) is 15.7 Å². The largest absolute Gasteiger partial charge is 0.489 e. The molecule has 2 aromatic rings. The lowest BCUT2D eigenvalue weighted by molar-refractivity contribution is 0.306. The SMILES string of the molecule is Cc1cc(OCc2cccc(C#N)c2)ccc1N.Cl. The number of nitrogens with zero attached hydrogens (tertiary/aromatic N) is 1. The summed E-state index contributed by atoms with van der Waals surface area (Å²) < 4.78 is 5.66. The second-order valence-electron chi connectivity index (χ2n) is 4.12. The maximum atomic E-state index is 8.81. The van der Waals surface area contributed by atoms with Gasteiger partial charge in [-0.3, -0.25) is 0 Å². The molecule has 2 N–H and O–H groups in total. The summed E-state index contributed by atoms with van der Waals surface area (Å²) in [5, 5.41) is 8.81. The zero-order chi connectivity index (χ0) is 13.0. The van der Waals surface area contributed by atoms with Gasteiger partial charge in [0, 0.05) is 5.69 Å². The molecule has 98 valence electrons. The highest BCUT2D eigenvalue weighted by molar-refractivity contribution is 5.85. The van der Waals surface area contributed by atoms with Gasteiger partial charge in [0.05, 0.1) is 11.6 Å². The number of hydrogen-bond acceptors (Lipinski definition) is 3. The zero-order valence-electron chi connectivity index (χ0n) is 10.6. The zero-order valence-corrected chi connectivity index (χ0v) is 11.4. The molecule has 0 fully saturated rings. The van der Waals surface area contributed by atoms with E-state index in [1.54, 1.807) is 6.07 Å². The van der Waals surface area contributed by atoms with E-state index in [0.29, 0.717) is 12.2 Å². The third kappa shape index (κ3) is 3.90. The molecule has 0 amide bonds. The molecule has 0 saturated carbocycles. The van der Waals surface area contributed by atoms with Crippen LogP contribution in [-0.2, 0) is 6.61 Å². The highest BCUT2D eigenvalue weighted by Crippen LogP contribution is 2.19. The molecule has 0 unspecified atom stereocenters. The second-order valence-corrected chi connectivity index (χ2v) is 4.12. The Kier molecular flexibility index (Phi) is 5.23. The number of ether oxygens (including phenoxy) is 1. The van der Waals surface area contributed by atoms with Crippen molar-refractivity contribution in [3.05, 3.63) is 59.2 Å². The number of benzene rings is 2. The molecule has 0 spiro atoms. The van der Waals surface area contributed by atoms with E-state index in [9.17, 15) is 0 Å². The van der Waals surface area contributed by atoms with Gasteiger partial charge in [-0.15, -0.1) is 12.4 Å². The summed E-state index contributed by atoms with van der Waals surface area (Å²) in [6.45, 7) is 2.39. The van der Waals surface area contributed by atoms with Crippen molar-refractivity contribution in [3.63, 3.8) is 0 Å². The Hall–Kier alpha value is -2.18. The van der Waals surface area contributed by atoms with Gasteiger partial charge in [-0.05, 0) is 48.4 Å². The summed E-state index contributed by atoms with van der Waals surface area (Å²) in [5.74, 6) is 0.782. The van der Waals surface area contributed by atoms with E-state index < -0.39 is 0 Å². The van der Waals surface area contributed by atoms with Crippen molar-refractivity contribution in [2.75, 3.05) is 5.73 Å². The molecule has 2 rings (SSSR count). The predicted molar refractivity (Wildman–Crippen MR) is 78.3 cm³/mol. The van der Waals surface area contributed by atoms with Crippen LogP contribution in [0.2, 0.25) is 0 Å². The number of nitrogen functional groups attached to an aromatic ring is 1. The van der Waals surface area contributed by atoms with E-state index in [1.807, 2.05) is 43.3 Å². The molecule has 0 aliphatic heterocycles. The van der Waals surface area contributed by atoms with Crippen molar-refractivity contribution in [1.82, 2.24) is 0 Å². The molecule has 0 atom stereocenters. The van der Waals surface area contributed by atoms with Gasteiger partial charge in [0.2, 0.25) is 0 Å². The maximum absolute atomic E-state index is 8.81. The number of rotatable bonds is 3. The number of halogens is 1. The van der Waals surface area contributed by atoms with Gasteiger partial charge >= 0.3 is 0 Å². The van der Waals surface area contributed by atoms with Crippen LogP contribution >= 0.6 is 12.4 Å². The topological polar surface area (TPSA) is 59.0 Å². The Balaban J connectivity index is 0.00000180. The van der Waals surface area contributed by atoms with Crippen LogP contribution in [0.5, 0.6) is 5.75 Å². The summed E-state index contributed by atoms with van der Waals surface area (Å²) >= 11 is 0. The molecule has 0 aliphatic carbocycles. The molecule has 0 aliphatic rings. The van der Waals surface area contributed by atoms with Crippen LogP contribution in [0.1, 0.15) is 16.7 Å². The van der Waals surface area contributed by atoms with Crippen molar-refractivity contribution in [1.29, 1.82) is 5.26 Å². The molecule has 0 saturated heterocycles. The van der Waals surface area contributed by atoms with E-state index in [0.717, 1.165) is 22.6 Å². The van der Waals surface area contributed by atoms with Crippen LogP contribution in [0.25, 0.3) is 0 Å². The third-order valence-corrected chi connectivity index (χ3v) is 2.70. The van der Waals surface area contributed by atoms with Crippen molar-refractivity contribution in [2.45, 2.75) is 13.5 Å². The average Bonchev–Trinajstić information content (AvgIpc) is 2.40. The van der Waals surface area contributed by atoms with Gasteiger partial charge in [0.15, 0.2) is 0 Å². The van der Waals surface area contributed by atoms with Gasteiger partial charge in [-0.2, -0.15) is 5.26 Å². The monoisotopic (exact) mass is 274 g/mol. The summed E-state index contributed by atoms with van der Waals surface area (Å²) in [7, 11) is 0. The molecular formula is C15H15ClN2O. The Morgan fingerprint density at radius 1 is 1.21 bits per heavy atom. The first-order valence-corrected chi connectivity index (χ1v) is 5.67. The third-order valence-electron chi connectivity index (χ3n) is 2.70.